The third-order valence-corrected chi connectivity index (χ3v) is 5.62. The zero-order valence-corrected chi connectivity index (χ0v) is 18.7. The highest BCUT2D eigenvalue weighted by atomic mass is 16.5. The van der Waals surface area contributed by atoms with Gasteiger partial charge in [-0.25, -0.2) is 4.79 Å². The van der Waals surface area contributed by atoms with Gasteiger partial charge in [-0.2, -0.15) is 0 Å². The van der Waals surface area contributed by atoms with Crippen LogP contribution in [0.25, 0.3) is 0 Å². The molecule has 8 nitrogen and oxygen atoms in total. The summed E-state index contributed by atoms with van der Waals surface area (Å²) in [5.41, 5.74) is 3.39. The van der Waals surface area contributed by atoms with Crippen LogP contribution in [0.1, 0.15) is 56.9 Å². The van der Waals surface area contributed by atoms with Gasteiger partial charge in [-0.15, -0.1) is 0 Å². The van der Waals surface area contributed by atoms with Gasteiger partial charge in [0.1, 0.15) is 0 Å². The number of rotatable bonds is 10. The van der Waals surface area contributed by atoms with E-state index in [0.29, 0.717) is 17.7 Å². The minimum Gasteiger partial charge on any atom is -0.454 e. The largest absolute Gasteiger partial charge is 0.454 e. The average molecular weight is 440 g/mol. The maximum absolute atomic E-state index is 12.6. The van der Waals surface area contributed by atoms with Crippen molar-refractivity contribution < 1.29 is 28.7 Å². The molecular weight excluding hydrogens is 412 g/mol. The molecule has 0 aliphatic carbocycles. The van der Waals surface area contributed by atoms with Crippen LogP contribution in [0.3, 0.4) is 0 Å². The summed E-state index contributed by atoms with van der Waals surface area (Å²) in [6, 6.07) is 8.29. The number of hydrogen-bond donors (Lipinski definition) is 0. The predicted octanol–water partition coefficient (Wildman–Crippen LogP) is 2.83. The third-order valence-electron chi connectivity index (χ3n) is 5.62. The summed E-state index contributed by atoms with van der Waals surface area (Å²) in [5, 5.41) is 0. The Hall–Kier alpha value is -3.26. The Kier molecular flexibility index (Phi) is 7.58. The molecule has 0 bridgehead atoms. The van der Waals surface area contributed by atoms with Crippen molar-refractivity contribution in [1.82, 2.24) is 9.47 Å². The highest BCUT2D eigenvalue weighted by molar-refractivity contribution is 6.02. The van der Waals surface area contributed by atoms with Crippen LogP contribution in [0, 0.1) is 13.8 Å². The molecule has 1 aromatic carbocycles. The summed E-state index contributed by atoms with van der Waals surface area (Å²) in [5.74, 6) is -1.23. The Labute approximate surface area is 187 Å². The van der Waals surface area contributed by atoms with Crippen LogP contribution in [0.15, 0.2) is 30.3 Å². The van der Waals surface area contributed by atoms with Crippen molar-refractivity contribution >= 4 is 23.6 Å². The van der Waals surface area contributed by atoms with Crippen LogP contribution in [-0.4, -0.2) is 53.4 Å². The molecule has 1 aromatic heterocycles. The molecule has 2 aromatic rings. The zero-order valence-electron chi connectivity index (χ0n) is 18.7. The van der Waals surface area contributed by atoms with Crippen molar-refractivity contribution in [2.45, 2.75) is 46.2 Å². The number of aryl methyl sites for hydroxylation is 1. The first kappa shape index (κ1) is 23.4. The molecule has 8 heteroatoms. The molecule has 170 valence electrons. The molecule has 1 aliphatic heterocycles. The van der Waals surface area contributed by atoms with Crippen LogP contribution in [0.4, 0.5) is 0 Å². The van der Waals surface area contributed by atoms with Gasteiger partial charge in [0.05, 0.1) is 12.1 Å². The Morgan fingerprint density at radius 3 is 2.31 bits per heavy atom. The molecule has 1 aliphatic rings. The summed E-state index contributed by atoms with van der Waals surface area (Å²) in [6.45, 7) is 5.04. The molecule has 0 radical (unpaired) electrons. The minimum atomic E-state index is -0.605. The molecule has 0 atom stereocenters. The van der Waals surface area contributed by atoms with Crippen LogP contribution in [0.2, 0.25) is 0 Å². The lowest BCUT2D eigenvalue weighted by molar-refractivity contribution is -0.139. The number of nitrogens with zero attached hydrogens (tertiary/aromatic N) is 2. The Bertz CT molecular complexity index is 1010. The zero-order chi connectivity index (χ0) is 23.3. The third kappa shape index (κ3) is 5.31. The molecule has 2 heterocycles. The monoisotopic (exact) mass is 440 g/mol. The van der Waals surface area contributed by atoms with E-state index in [9.17, 15) is 19.2 Å². The number of esters is 1. The number of aromatic nitrogens is 1. The van der Waals surface area contributed by atoms with E-state index in [1.165, 1.54) is 4.90 Å². The van der Waals surface area contributed by atoms with E-state index in [-0.39, 0.29) is 43.6 Å². The van der Waals surface area contributed by atoms with Gasteiger partial charge >= 0.3 is 5.97 Å². The van der Waals surface area contributed by atoms with Crippen molar-refractivity contribution in [3.05, 3.63) is 58.4 Å². The number of hydrogen-bond acceptors (Lipinski definition) is 6. The van der Waals surface area contributed by atoms with Crippen molar-refractivity contribution in [2.75, 3.05) is 20.3 Å². The smallest absolute Gasteiger partial charge is 0.338 e. The molecule has 1 saturated heterocycles. The van der Waals surface area contributed by atoms with Crippen molar-refractivity contribution in [2.24, 2.45) is 0 Å². The molecule has 3 rings (SSSR count). The van der Waals surface area contributed by atoms with Crippen LogP contribution in [0.5, 0.6) is 0 Å². The van der Waals surface area contributed by atoms with Gasteiger partial charge in [0.25, 0.3) is 0 Å². The molecule has 1 fully saturated rings. The first-order chi connectivity index (χ1) is 15.3. The Balaban J connectivity index is 1.56. The molecule has 0 saturated carbocycles. The van der Waals surface area contributed by atoms with Gasteiger partial charge in [0.2, 0.25) is 17.6 Å². The van der Waals surface area contributed by atoms with E-state index in [1.54, 1.807) is 31.4 Å². The lowest BCUT2D eigenvalue weighted by Gasteiger charge is -2.13. The van der Waals surface area contributed by atoms with Gasteiger partial charge in [-0.3, -0.25) is 19.3 Å². The number of imide groups is 1. The first-order valence-corrected chi connectivity index (χ1v) is 10.6. The molecule has 0 spiro atoms. The highest BCUT2D eigenvalue weighted by Gasteiger charge is 2.28. The van der Waals surface area contributed by atoms with Crippen LogP contribution in [-0.2, 0) is 32.2 Å². The van der Waals surface area contributed by atoms with E-state index >= 15 is 0 Å². The maximum atomic E-state index is 12.6. The summed E-state index contributed by atoms with van der Waals surface area (Å²) in [7, 11) is 1.65. The number of carbonyl (C=O) groups is 4. The molecule has 0 N–H and O–H groups in total. The SMILES string of the molecule is COCCCn1c(C)cc(C(=O)COC(=O)c2ccc(CN3C(=O)CCC3=O)cc2)c1C. The summed E-state index contributed by atoms with van der Waals surface area (Å²) in [4.78, 5) is 49.7. The second-order valence-electron chi connectivity index (χ2n) is 7.85. The average Bonchev–Trinajstić information content (AvgIpc) is 3.25. The molecule has 0 unspecified atom stereocenters. The van der Waals surface area contributed by atoms with Crippen LogP contribution < -0.4 is 0 Å². The van der Waals surface area contributed by atoms with Gasteiger partial charge < -0.3 is 14.0 Å². The summed E-state index contributed by atoms with van der Waals surface area (Å²) in [6.07, 6.45) is 1.32. The predicted molar refractivity (Wildman–Crippen MR) is 116 cm³/mol. The second-order valence-corrected chi connectivity index (χ2v) is 7.85. The Morgan fingerprint density at radius 1 is 1.03 bits per heavy atom. The van der Waals surface area contributed by atoms with Crippen molar-refractivity contribution in [1.29, 1.82) is 0 Å². The van der Waals surface area contributed by atoms with Gasteiger partial charge in [-0.1, -0.05) is 12.1 Å². The number of ether oxygens (including phenoxy) is 2. The first-order valence-electron chi connectivity index (χ1n) is 10.6. The van der Waals surface area contributed by atoms with Crippen LogP contribution >= 0.6 is 0 Å². The van der Waals surface area contributed by atoms with E-state index in [2.05, 4.69) is 4.57 Å². The second kappa shape index (κ2) is 10.4. The molecule has 2 amide bonds. The summed E-state index contributed by atoms with van der Waals surface area (Å²) < 4.78 is 12.4. The number of Topliss-reactive ketones (excluding diaryl/α,β-unsaturated/α-hetero) is 1. The molecular formula is C24H28N2O6. The lowest BCUT2D eigenvalue weighted by Crippen LogP contribution is -2.28. The Morgan fingerprint density at radius 2 is 1.69 bits per heavy atom. The minimum absolute atomic E-state index is 0.185. The quantitative estimate of drug-likeness (QED) is 0.244. The number of amides is 2. The fourth-order valence-corrected chi connectivity index (χ4v) is 3.81. The van der Waals surface area contributed by atoms with Gasteiger partial charge in [0, 0.05) is 50.1 Å². The van der Waals surface area contributed by atoms with Crippen molar-refractivity contribution in [3.8, 4) is 0 Å². The fraction of sp³-hybridized carbons (Fsp3) is 0.417. The highest BCUT2D eigenvalue weighted by Crippen LogP contribution is 2.18. The fourth-order valence-electron chi connectivity index (χ4n) is 3.81. The maximum Gasteiger partial charge on any atom is 0.338 e. The number of benzene rings is 1. The van der Waals surface area contributed by atoms with E-state index in [1.807, 2.05) is 19.9 Å². The topological polar surface area (TPSA) is 94.9 Å². The number of ketones is 1. The van der Waals surface area contributed by atoms with Gasteiger partial charge in [0.15, 0.2) is 6.61 Å². The summed E-state index contributed by atoms with van der Waals surface area (Å²) >= 11 is 0. The molecule has 32 heavy (non-hydrogen) atoms. The standard InChI is InChI=1S/C24H28N2O6/c1-16-13-20(17(2)25(16)11-4-12-31-3)21(27)15-32-24(30)19-7-5-18(6-8-19)14-26-22(28)9-10-23(26)29/h5-8,13H,4,9-12,14-15H2,1-3H3. The van der Waals surface area contributed by atoms with E-state index < -0.39 is 5.97 Å². The van der Waals surface area contributed by atoms with E-state index in [4.69, 9.17) is 9.47 Å². The van der Waals surface area contributed by atoms with Gasteiger partial charge in [-0.05, 0) is 44.0 Å². The van der Waals surface area contributed by atoms with Crippen molar-refractivity contribution in [3.63, 3.8) is 0 Å². The van der Waals surface area contributed by atoms with E-state index in [0.717, 1.165) is 29.9 Å². The number of carbonyl (C=O) groups excluding carboxylic acids is 4. The normalized spacial score (nSPS) is 13.7. The number of methoxy groups -OCH3 is 1. The number of likely N-dealkylation sites (tertiary alicyclic amines) is 1. The lowest BCUT2D eigenvalue weighted by atomic mass is 10.1.